The summed E-state index contributed by atoms with van der Waals surface area (Å²) < 4.78 is 11.7. The van der Waals surface area contributed by atoms with Crippen molar-refractivity contribution in [2.75, 3.05) is 6.61 Å². The van der Waals surface area contributed by atoms with Gasteiger partial charge in [-0.1, -0.05) is 20.8 Å². The molecule has 0 aliphatic rings. The van der Waals surface area contributed by atoms with Crippen LogP contribution in [-0.2, 0) is 4.43 Å². The molecule has 1 rings (SSSR count). The third-order valence-electron chi connectivity index (χ3n) is 3.80. The Hall–Kier alpha value is -0.623. The smallest absolute Gasteiger partial charge is 0.193 e. The predicted octanol–water partition coefficient (Wildman–Crippen LogP) is 3.09. The van der Waals surface area contributed by atoms with Crippen LogP contribution in [0.3, 0.4) is 0 Å². The molecule has 0 aliphatic carbocycles. The van der Waals surface area contributed by atoms with Gasteiger partial charge in [-0.15, -0.1) is 0 Å². The molecule has 1 heterocycles. The summed E-state index contributed by atoms with van der Waals surface area (Å²) in [6.07, 6.45) is 0.844. The van der Waals surface area contributed by atoms with Crippen LogP contribution in [0.5, 0.6) is 0 Å². The molecule has 5 heteroatoms. The maximum absolute atomic E-state index is 9.67. The quantitative estimate of drug-likeness (QED) is 0.789. The van der Waals surface area contributed by atoms with Crippen molar-refractivity contribution in [1.82, 2.24) is 0 Å². The van der Waals surface area contributed by atoms with Gasteiger partial charge in [0, 0.05) is 6.42 Å². The number of furan rings is 1. The Kier molecular flexibility index (Phi) is 5.38. The highest BCUT2D eigenvalue weighted by Gasteiger charge is 2.40. The lowest BCUT2D eigenvalue weighted by Crippen LogP contribution is -2.42. The molecule has 4 nitrogen and oxygen atoms in total. The number of aliphatic hydroxyl groups is 2. The van der Waals surface area contributed by atoms with Gasteiger partial charge in [-0.25, -0.2) is 0 Å². The highest BCUT2D eigenvalue weighted by Crippen LogP contribution is 2.40. The van der Waals surface area contributed by atoms with Crippen molar-refractivity contribution in [3.05, 3.63) is 24.2 Å². The average Bonchev–Trinajstić information content (AvgIpc) is 2.79. The van der Waals surface area contributed by atoms with Gasteiger partial charge in [0.2, 0.25) is 0 Å². The lowest BCUT2D eigenvalue weighted by molar-refractivity contribution is 0.0380. The zero-order valence-electron chi connectivity index (χ0n) is 12.5. The Morgan fingerprint density at radius 2 is 2.00 bits per heavy atom. The van der Waals surface area contributed by atoms with E-state index in [1.165, 1.54) is 0 Å². The minimum atomic E-state index is -1.96. The fourth-order valence-corrected chi connectivity index (χ4v) is 2.83. The summed E-state index contributed by atoms with van der Waals surface area (Å²) in [4.78, 5) is 0. The number of hydrogen-bond acceptors (Lipinski definition) is 4. The normalized spacial score (nSPS) is 16.4. The minimum absolute atomic E-state index is 0.0853. The summed E-state index contributed by atoms with van der Waals surface area (Å²) in [7, 11) is -1.96. The summed E-state index contributed by atoms with van der Waals surface area (Å²) >= 11 is 0. The largest absolute Gasteiger partial charge is 0.467 e. The van der Waals surface area contributed by atoms with Gasteiger partial charge < -0.3 is 19.1 Å². The zero-order chi connectivity index (χ0) is 14.7. The number of rotatable bonds is 6. The van der Waals surface area contributed by atoms with E-state index in [1.54, 1.807) is 6.26 Å². The van der Waals surface area contributed by atoms with Crippen molar-refractivity contribution >= 4 is 8.32 Å². The molecular formula is C14H26O4Si. The van der Waals surface area contributed by atoms with Crippen molar-refractivity contribution in [1.29, 1.82) is 0 Å². The molecule has 2 atom stereocenters. The van der Waals surface area contributed by atoms with E-state index in [4.69, 9.17) is 13.9 Å². The third-order valence-corrected chi connectivity index (χ3v) is 8.29. The molecule has 110 valence electrons. The Morgan fingerprint density at radius 3 is 2.42 bits per heavy atom. The van der Waals surface area contributed by atoms with Crippen LogP contribution in [-0.4, -0.2) is 31.2 Å². The van der Waals surface area contributed by atoms with Gasteiger partial charge in [-0.3, -0.25) is 0 Å². The summed E-state index contributed by atoms with van der Waals surface area (Å²) in [6, 6.07) is 3.66. The first-order valence-electron chi connectivity index (χ1n) is 6.67. The maximum atomic E-state index is 9.67. The number of hydrogen-bond donors (Lipinski definition) is 2. The second-order valence-corrected chi connectivity index (χ2v) is 11.2. The molecule has 2 N–H and O–H groups in total. The second kappa shape index (κ2) is 6.22. The summed E-state index contributed by atoms with van der Waals surface area (Å²) in [5, 5.41) is 18.8. The Morgan fingerprint density at radius 1 is 1.37 bits per heavy atom. The van der Waals surface area contributed by atoms with Gasteiger partial charge in [0.15, 0.2) is 8.32 Å². The van der Waals surface area contributed by atoms with Gasteiger partial charge in [0.25, 0.3) is 0 Å². The molecule has 19 heavy (non-hydrogen) atoms. The van der Waals surface area contributed by atoms with E-state index in [2.05, 4.69) is 33.9 Å². The van der Waals surface area contributed by atoms with E-state index < -0.39 is 14.4 Å². The maximum Gasteiger partial charge on any atom is 0.193 e. The fraction of sp³-hybridized carbons (Fsp3) is 0.714. The number of aliphatic hydroxyl groups excluding tert-OH is 2. The molecule has 1 aromatic heterocycles. The van der Waals surface area contributed by atoms with Crippen molar-refractivity contribution in [2.24, 2.45) is 0 Å². The van der Waals surface area contributed by atoms with Crippen LogP contribution in [0.15, 0.2) is 22.8 Å². The van der Waals surface area contributed by atoms with E-state index in [0.29, 0.717) is 12.2 Å². The average molecular weight is 286 g/mol. The molecule has 0 saturated carbocycles. The van der Waals surface area contributed by atoms with Crippen LogP contribution < -0.4 is 0 Å². The van der Waals surface area contributed by atoms with E-state index in [9.17, 15) is 5.11 Å². The van der Waals surface area contributed by atoms with E-state index in [-0.39, 0.29) is 17.7 Å². The van der Waals surface area contributed by atoms with Gasteiger partial charge in [0.05, 0.1) is 19.0 Å². The van der Waals surface area contributed by atoms with Gasteiger partial charge in [0.1, 0.15) is 11.9 Å². The lowest BCUT2D eigenvalue weighted by Gasteiger charge is -2.39. The Bertz CT molecular complexity index is 367. The highest BCUT2D eigenvalue weighted by atomic mass is 28.4. The first-order chi connectivity index (χ1) is 8.67. The second-order valence-electron chi connectivity index (χ2n) is 6.45. The Balaban J connectivity index is 2.87. The van der Waals surface area contributed by atoms with Crippen molar-refractivity contribution < 1.29 is 19.1 Å². The SMILES string of the molecule is CC(C)(C)[Si](C)(C)OC(CC(O)CO)c1ccco1. The van der Waals surface area contributed by atoms with Crippen LogP contribution in [0.2, 0.25) is 18.1 Å². The monoisotopic (exact) mass is 286 g/mol. The standard InChI is InChI=1S/C14H26O4Si/c1-14(2,3)19(4,5)18-13(9-11(16)10-15)12-7-6-8-17-12/h6-8,11,13,15-16H,9-10H2,1-5H3. The van der Waals surface area contributed by atoms with E-state index in [1.807, 2.05) is 12.1 Å². The topological polar surface area (TPSA) is 62.8 Å². The fourth-order valence-electron chi connectivity index (χ4n) is 1.55. The first kappa shape index (κ1) is 16.4. The van der Waals surface area contributed by atoms with Gasteiger partial charge >= 0.3 is 0 Å². The summed E-state index contributed by atoms with van der Waals surface area (Å²) in [5.74, 6) is 0.706. The van der Waals surface area contributed by atoms with E-state index >= 15 is 0 Å². The molecule has 0 fully saturated rings. The molecule has 0 saturated heterocycles. The molecule has 0 radical (unpaired) electrons. The van der Waals surface area contributed by atoms with Gasteiger partial charge in [-0.05, 0) is 30.3 Å². The van der Waals surface area contributed by atoms with Crippen molar-refractivity contribution in [2.45, 2.75) is 57.5 Å². The molecule has 2 unspecified atom stereocenters. The van der Waals surface area contributed by atoms with Crippen LogP contribution in [0.1, 0.15) is 39.1 Å². The van der Waals surface area contributed by atoms with Crippen LogP contribution in [0, 0.1) is 0 Å². The lowest BCUT2D eigenvalue weighted by atomic mass is 10.1. The highest BCUT2D eigenvalue weighted by molar-refractivity contribution is 6.74. The van der Waals surface area contributed by atoms with Crippen LogP contribution >= 0.6 is 0 Å². The molecular weight excluding hydrogens is 260 g/mol. The van der Waals surface area contributed by atoms with Crippen molar-refractivity contribution in [3.63, 3.8) is 0 Å². The zero-order valence-corrected chi connectivity index (χ0v) is 13.5. The van der Waals surface area contributed by atoms with E-state index in [0.717, 1.165) is 0 Å². The molecule has 0 bridgehead atoms. The Labute approximate surface area is 116 Å². The molecule has 0 amide bonds. The molecule has 0 aromatic carbocycles. The molecule has 1 aromatic rings. The van der Waals surface area contributed by atoms with Gasteiger partial charge in [-0.2, -0.15) is 0 Å². The minimum Gasteiger partial charge on any atom is -0.467 e. The third kappa shape index (κ3) is 4.45. The van der Waals surface area contributed by atoms with Crippen molar-refractivity contribution in [3.8, 4) is 0 Å². The summed E-state index contributed by atoms with van der Waals surface area (Å²) in [5.41, 5.74) is 0. The first-order valence-corrected chi connectivity index (χ1v) is 9.58. The van der Waals surface area contributed by atoms with Crippen LogP contribution in [0.25, 0.3) is 0 Å². The summed E-state index contributed by atoms with van der Waals surface area (Å²) in [6.45, 7) is 10.6. The predicted molar refractivity (Wildman–Crippen MR) is 77.4 cm³/mol. The van der Waals surface area contributed by atoms with Crippen LogP contribution in [0.4, 0.5) is 0 Å². The molecule has 0 aliphatic heterocycles. The molecule has 0 spiro atoms.